The number of hydrogen-bond acceptors (Lipinski definition) is 5. The maximum absolute atomic E-state index is 12.8. The summed E-state index contributed by atoms with van der Waals surface area (Å²) in [5, 5.41) is 7.00. The molecule has 1 unspecified atom stereocenters. The molecule has 2 heterocycles. The van der Waals surface area contributed by atoms with Crippen molar-refractivity contribution in [1.82, 2.24) is 9.80 Å². The number of thioether (sulfide) groups is 1. The van der Waals surface area contributed by atoms with Gasteiger partial charge in [0, 0.05) is 48.3 Å². The molecule has 0 spiro atoms. The Morgan fingerprint density at radius 2 is 1.90 bits per heavy atom. The van der Waals surface area contributed by atoms with Crippen molar-refractivity contribution in [2.75, 3.05) is 49.6 Å². The first-order chi connectivity index (χ1) is 14.5. The maximum atomic E-state index is 12.8. The van der Waals surface area contributed by atoms with Crippen LogP contribution in [0.1, 0.15) is 15.9 Å². The molecule has 2 aliphatic heterocycles. The summed E-state index contributed by atoms with van der Waals surface area (Å²) >= 11 is 7.86. The Bertz CT molecular complexity index is 946. The number of carbonyl (C=O) groups is 2. The van der Waals surface area contributed by atoms with Crippen LogP contribution >= 0.6 is 23.4 Å². The monoisotopic (exact) mass is 444 g/mol. The summed E-state index contributed by atoms with van der Waals surface area (Å²) in [6.45, 7) is 3.20. The third-order valence-electron chi connectivity index (χ3n) is 5.46. The normalized spacial score (nSPS) is 19.1. The molecular formula is C22H25ClN4O2S. The molecule has 2 N–H and O–H groups in total. The molecule has 0 bridgehead atoms. The van der Waals surface area contributed by atoms with Crippen molar-refractivity contribution >= 4 is 46.6 Å². The number of rotatable bonds is 5. The molecule has 6 nitrogen and oxygen atoms in total. The molecule has 0 aliphatic carbocycles. The Morgan fingerprint density at radius 3 is 2.67 bits per heavy atom. The molecule has 0 aromatic heterocycles. The maximum Gasteiger partial charge on any atom is 0.254 e. The van der Waals surface area contributed by atoms with E-state index in [1.165, 1.54) is 0 Å². The van der Waals surface area contributed by atoms with Gasteiger partial charge < -0.3 is 20.4 Å². The minimum Gasteiger partial charge on any atom is -0.371 e. The van der Waals surface area contributed by atoms with E-state index < -0.39 is 0 Å². The number of nitrogens with zero attached hydrogens (tertiary/aromatic N) is 2. The summed E-state index contributed by atoms with van der Waals surface area (Å²) in [6, 6.07) is 12.9. The molecule has 8 heteroatoms. The lowest BCUT2D eigenvalue weighted by atomic mass is 10.1. The first-order valence-corrected chi connectivity index (χ1v) is 11.5. The Labute approximate surface area is 185 Å². The van der Waals surface area contributed by atoms with Crippen LogP contribution in [0.15, 0.2) is 42.5 Å². The summed E-state index contributed by atoms with van der Waals surface area (Å²) in [5.74, 6) is 1.30. The lowest BCUT2D eigenvalue weighted by molar-refractivity contribution is -0.116. The molecule has 2 aliphatic rings. The summed E-state index contributed by atoms with van der Waals surface area (Å²) < 4.78 is 0. The second-order valence-corrected chi connectivity index (χ2v) is 9.09. The molecule has 2 amide bonds. The van der Waals surface area contributed by atoms with Crippen molar-refractivity contribution in [3.8, 4) is 0 Å². The first kappa shape index (κ1) is 21.0. The van der Waals surface area contributed by atoms with Crippen LogP contribution in [0, 0.1) is 0 Å². The van der Waals surface area contributed by atoms with Crippen LogP contribution in [0.3, 0.4) is 0 Å². The van der Waals surface area contributed by atoms with Crippen LogP contribution in [0.25, 0.3) is 0 Å². The quantitative estimate of drug-likeness (QED) is 0.740. The Hall–Kier alpha value is -2.22. The van der Waals surface area contributed by atoms with Crippen molar-refractivity contribution in [1.29, 1.82) is 0 Å². The van der Waals surface area contributed by atoms with Gasteiger partial charge >= 0.3 is 0 Å². The van der Waals surface area contributed by atoms with E-state index in [2.05, 4.69) is 22.6 Å². The van der Waals surface area contributed by atoms with E-state index in [0.29, 0.717) is 17.0 Å². The third-order valence-corrected chi connectivity index (χ3v) is 6.91. The van der Waals surface area contributed by atoms with Gasteiger partial charge in [-0.15, -0.1) is 0 Å². The summed E-state index contributed by atoms with van der Waals surface area (Å²) in [7, 11) is 2.06. The first-order valence-electron chi connectivity index (χ1n) is 10.0. The number of likely N-dealkylation sites (N-methyl/N-ethyl adjacent to an activating group) is 1. The zero-order valence-corrected chi connectivity index (χ0v) is 18.4. The highest BCUT2D eigenvalue weighted by atomic mass is 35.5. The van der Waals surface area contributed by atoms with Crippen molar-refractivity contribution in [3.63, 3.8) is 0 Å². The van der Waals surface area contributed by atoms with Crippen LogP contribution in [0.2, 0.25) is 5.02 Å². The second-order valence-electron chi connectivity index (χ2n) is 7.65. The van der Waals surface area contributed by atoms with Crippen LogP contribution < -0.4 is 10.6 Å². The van der Waals surface area contributed by atoms with Gasteiger partial charge in [0.2, 0.25) is 5.91 Å². The largest absolute Gasteiger partial charge is 0.371 e. The molecular weight excluding hydrogens is 420 g/mol. The number of benzene rings is 2. The molecule has 0 radical (unpaired) electrons. The average Bonchev–Trinajstić information content (AvgIpc) is 2.75. The van der Waals surface area contributed by atoms with E-state index >= 15 is 0 Å². The lowest BCUT2D eigenvalue weighted by Crippen LogP contribution is -2.47. The number of amides is 2. The van der Waals surface area contributed by atoms with E-state index in [9.17, 15) is 9.59 Å². The molecule has 4 rings (SSSR count). The van der Waals surface area contributed by atoms with Gasteiger partial charge in [-0.05, 0) is 36.9 Å². The van der Waals surface area contributed by atoms with Gasteiger partial charge in [-0.1, -0.05) is 29.8 Å². The highest BCUT2D eigenvalue weighted by Gasteiger charge is 2.27. The predicted molar refractivity (Wildman–Crippen MR) is 123 cm³/mol. The minimum atomic E-state index is -0.329. The molecule has 2 aromatic rings. The number of hydrogen-bond donors (Lipinski definition) is 2. The highest BCUT2D eigenvalue weighted by Crippen LogP contribution is 2.30. The minimum absolute atomic E-state index is 0.0116. The van der Waals surface area contributed by atoms with Gasteiger partial charge in [0.05, 0.1) is 11.4 Å². The predicted octanol–water partition coefficient (Wildman–Crippen LogP) is 3.39. The highest BCUT2D eigenvalue weighted by molar-refractivity contribution is 7.98. The Morgan fingerprint density at radius 1 is 1.13 bits per heavy atom. The zero-order valence-electron chi connectivity index (χ0n) is 16.9. The molecule has 1 fully saturated rings. The van der Waals surface area contributed by atoms with Gasteiger partial charge in [0.15, 0.2) is 0 Å². The van der Waals surface area contributed by atoms with Crippen LogP contribution in [-0.2, 0) is 10.5 Å². The molecule has 30 heavy (non-hydrogen) atoms. The molecule has 1 atom stereocenters. The Kier molecular flexibility index (Phi) is 6.51. The smallest absolute Gasteiger partial charge is 0.254 e. The van der Waals surface area contributed by atoms with Crippen molar-refractivity contribution in [3.05, 3.63) is 58.6 Å². The summed E-state index contributed by atoms with van der Waals surface area (Å²) in [5.41, 5.74) is 3.17. The second kappa shape index (κ2) is 9.29. The van der Waals surface area contributed by atoms with E-state index in [1.807, 2.05) is 41.3 Å². The topological polar surface area (TPSA) is 64.7 Å². The van der Waals surface area contributed by atoms with E-state index in [0.717, 1.165) is 48.2 Å². The van der Waals surface area contributed by atoms with Gasteiger partial charge in [-0.25, -0.2) is 0 Å². The van der Waals surface area contributed by atoms with E-state index in [-0.39, 0.29) is 17.9 Å². The van der Waals surface area contributed by atoms with Crippen molar-refractivity contribution in [2.45, 2.75) is 11.8 Å². The van der Waals surface area contributed by atoms with Crippen molar-refractivity contribution < 1.29 is 9.59 Å². The fourth-order valence-corrected chi connectivity index (χ4v) is 4.93. The standard InChI is InChI=1S/C22H25ClN4O2S/c1-26-8-10-27(11-9-26)22(29)15-6-7-18-19(12-15)25-21(28)20(24-18)14-30-13-16-4-2-3-5-17(16)23/h2-7,12,20,24H,8-11,13-14H2,1H3,(H,25,28). The molecule has 1 saturated heterocycles. The van der Waals surface area contributed by atoms with Gasteiger partial charge in [0.25, 0.3) is 5.91 Å². The molecule has 2 aromatic carbocycles. The number of anilines is 2. The van der Waals surface area contributed by atoms with Gasteiger partial charge in [-0.2, -0.15) is 11.8 Å². The number of fused-ring (bicyclic) bond motifs is 1. The molecule has 0 saturated carbocycles. The fourth-order valence-electron chi connectivity index (χ4n) is 3.59. The fraction of sp³-hybridized carbons (Fsp3) is 0.364. The average molecular weight is 445 g/mol. The molecule has 158 valence electrons. The number of halogens is 1. The van der Waals surface area contributed by atoms with E-state index in [1.54, 1.807) is 17.8 Å². The SMILES string of the molecule is CN1CCN(C(=O)c2ccc3c(c2)NC(=O)C(CSCc2ccccc2Cl)N3)CC1. The van der Waals surface area contributed by atoms with E-state index in [4.69, 9.17) is 11.6 Å². The number of nitrogens with one attached hydrogen (secondary N) is 2. The van der Waals surface area contributed by atoms with Gasteiger partial charge in [-0.3, -0.25) is 9.59 Å². The zero-order chi connectivity index (χ0) is 21.1. The summed E-state index contributed by atoms with van der Waals surface area (Å²) in [6.07, 6.45) is 0. The summed E-state index contributed by atoms with van der Waals surface area (Å²) in [4.78, 5) is 29.5. The van der Waals surface area contributed by atoms with Crippen LogP contribution in [0.4, 0.5) is 11.4 Å². The number of piperazine rings is 1. The third kappa shape index (κ3) is 4.74. The Balaban J connectivity index is 1.37. The number of carbonyl (C=O) groups excluding carboxylic acids is 2. The van der Waals surface area contributed by atoms with Gasteiger partial charge in [0.1, 0.15) is 6.04 Å². The van der Waals surface area contributed by atoms with Crippen LogP contribution in [0.5, 0.6) is 0 Å². The lowest BCUT2D eigenvalue weighted by Gasteiger charge is -2.33. The van der Waals surface area contributed by atoms with Crippen molar-refractivity contribution in [2.24, 2.45) is 0 Å². The van der Waals surface area contributed by atoms with Crippen LogP contribution in [-0.4, -0.2) is 66.6 Å².